The molecule has 1 saturated heterocycles. The Labute approximate surface area is 159 Å². The summed E-state index contributed by atoms with van der Waals surface area (Å²) in [5, 5.41) is 8.48. The molecule has 0 unspecified atom stereocenters. The van der Waals surface area contributed by atoms with Gasteiger partial charge in [0.05, 0.1) is 11.0 Å². The minimum atomic E-state index is 0.885. The van der Waals surface area contributed by atoms with Gasteiger partial charge in [0.15, 0.2) is 5.65 Å². The average Bonchev–Trinajstić information content (AvgIpc) is 3.37. The number of aryl methyl sites for hydroxylation is 2. The summed E-state index contributed by atoms with van der Waals surface area (Å²) < 4.78 is 4.53. The highest BCUT2D eigenvalue weighted by Crippen LogP contribution is 2.23. The van der Waals surface area contributed by atoms with E-state index < -0.39 is 0 Å². The second-order valence-electron chi connectivity index (χ2n) is 7.72. The lowest BCUT2D eigenvalue weighted by Gasteiger charge is -2.16. The molecule has 5 heteroatoms. The number of pyridine rings is 1. The molecule has 4 heterocycles. The van der Waals surface area contributed by atoms with Crippen LogP contribution in [0, 0.1) is 13.8 Å². The number of aromatic nitrogens is 4. The summed E-state index contributed by atoms with van der Waals surface area (Å²) in [6, 6.07) is 15.5. The van der Waals surface area contributed by atoms with E-state index in [9.17, 15) is 0 Å². The Morgan fingerprint density at radius 3 is 2.44 bits per heavy atom. The van der Waals surface area contributed by atoms with Gasteiger partial charge < -0.3 is 4.57 Å². The van der Waals surface area contributed by atoms with Crippen molar-refractivity contribution in [1.29, 1.82) is 0 Å². The van der Waals surface area contributed by atoms with Crippen LogP contribution in [-0.4, -0.2) is 37.2 Å². The van der Waals surface area contributed by atoms with Gasteiger partial charge in [0.1, 0.15) is 5.82 Å². The number of rotatable bonds is 4. The molecule has 0 N–H and O–H groups in total. The lowest BCUT2D eigenvalue weighted by atomic mass is 10.1. The molecule has 27 heavy (non-hydrogen) atoms. The van der Waals surface area contributed by atoms with Crippen molar-refractivity contribution in [3.05, 3.63) is 65.1 Å². The maximum absolute atomic E-state index is 4.25. The van der Waals surface area contributed by atoms with E-state index in [1.54, 1.807) is 0 Å². The molecule has 3 aromatic heterocycles. The number of hydrogen-bond donors (Lipinski definition) is 0. The highest BCUT2D eigenvalue weighted by molar-refractivity contribution is 5.81. The molecule has 1 fully saturated rings. The largest absolute Gasteiger partial charge is 0.339 e. The number of benzene rings is 1. The van der Waals surface area contributed by atoms with Crippen molar-refractivity contribution in [3.8, 4) is 0 Å². The van der Waals surface area contributed by atoms with Crippen LogP contribution in [0.3, 0.4) is 0 Å². The second-order valence-corrected chi connectivity index (χ2v) is 7.72. The van der Waals surface area contributed by atoms with Crippen LogP contribution in [0.1, 0.15) is 35.5 Å². The van der Waals surface area contributed by atoms with E-state index in [0.29, 0.717) is 0 Å². The van der Waals surface area contributed by atoms with Crippen LogP contribution < -0.4 is 0 Å². The molecule has 0 aliphatic carbocycles. The molecule has 4 aromatic rings. The Balaban J connectivity index is 1.50. The zero-order valence-electron chi connectivity index (χ0n) is 16.0. The molecule has 0 spiro atoms. The number of hydrogen-bond acceptors (Lipinski definition) is 3. The van der Waals surface area contributed by atoms with Gasteiger partial charge in [-0.2, -0.15) is 0 Å². The van der Waals surface area contributed by atoms with Gasteiger partial charge in [-0.15, -0.1) is 10.2 Å². The fourth-order valence-electron chi connectivity index (χ4n) is 4.39. The Kier molecular flexibility index (Phi) is 3.97. The Bertz CT molecular complexity index is 1110. The summed E-state index contributed by atoms with van der Waals surface area (Å²) in [7, 11) is 0. The maximum Gasteiger partial charge on any atom is 0.161 e. The van der Waals surface area contributed by atoms with E-state index in [2.05, 4.69) is 73.5 Å². The van der Waals surface area contributed by atoms with Crippen molar-refractivity contribution < 1.29 is 0 Å². The smallest absolute Gasteiger partial charge is 0.161 e. The normalized spacial score (nSPS) is 15.3. The third-order valence-corrected chi connectivity index (χ3v) is 5.74. The molecular formula is C22H25N5. The van der Waals surface area contributed by atoms with Gasteiger partial charge in [0.25, 0.3) is 0 Å². The molecule has 0 bridgehead atoms. The van der Waals surface area contributed by atoms with Gasteiger partial charge in [0.2, 0.25) is 0 Å². The number of fused-ring (bicyclic) bond motifs is 3. The summed E-state index contributed by atoms with van der Waals surface area (Å²) in [6.07, 6.45) is 2.68. The van der Waals surface area contributed by atoms with Crippen molar-refractivity contribution in [2.24, 2.45) is 0 Å². The van der Waals surface area contributed by atoms with Crippen LogP contribution in [-0.2, 0) is 13.1 Å². The minimum absolute atomic E-state index is 0.885. The van der Waals surface area contributed by atoms with Crippen molar-refractivity contribution >= 4 is 16.7 Å². The average molecular weight is 359 g/mol. The molecule has 1 aliphatic rings. The van der Waals surface area contributed by atoms with Gasteiger partial charge in [-0.1, -0.05) is 24.3 Å². The number of nitrogens with zero attached hydrogens (tertiary/aromatic N) is 5. The molecular weight excluding hydrogens is 334 g/mol. The molecule has 0 saturated carbocycles. The predicted octanol–water partition coefficient (Wildman–Crippen LogP) is 3.94. The maximum atomic E-state index is 4.25. The van der Waals surface area contributed by atoms with E-state index in [-0.39, 0.29) is 0 Å². The number of likely N-dealkylation sites (tertiary alicyclic amines) is 1. The van der Waals surface area contributed by atoms with E-state index in [1.807, 2.05) is 6.92 Å². The van der Waals surface area contributed by atoms with Crippen LogP contribution in [0.5, 0.6) is 0 Å². The molecule has 5 rings (SSSR count). The van der Waals surface area contributed by atoms with Crippen LogP contribution in [0.2, 0.25) is 0 Å². The molecule has 0 radical (unpaired) electrons. The first-order valence-electron chi connectivity index (χ1n) is 9.80. The topological polar surface area (TPSA) is 38.4 Å². The summed E-state index contributed by atoms with van der Waals surface area (Å²) in [5.41, 5.74) is 7.35. The SMILES string of the molecule is Cc1cc2c(ccc3nnc(C)n32)n1Cc1cccc(CN2CCCC2)c1. The molecule has 0 amide bonds. The quantitative estimate of drug-likeness (QED) is 0.554. The second kappa shape index (κ2) is 6.50. The highest BCUT2D eigenvalue weighted by Gasteiger charge is 2.14. The first kappa shape index (κ1) is 16.5. The molecule has 5 nitrogen and oxygen atoms in total. The lowest BCUT2D eigenvalue weighted by Crippen LogP contribution is -2.18. The van der Waals surface area contributed by atoms with E-state index >= 15 is 0 Å². The first-order chi connectivity index (χ1) is 13.2. The van der Waals surface area contributed by atoms with Gasteiger partial charge in [0, 0.05) is 18.8 Å². The van der Waals surface area contributed by atoms with Crippen molar-refractivity contribution in [3.63, 3.8) is 0 Å². The zero-order chi connectivity index (χ0) is 18.4. The van der Waals surface area contributed by atoms with Crippen molar-refractivity contribution in [2.75, 3.05) is 13.1 Å². The van der Waals surface area contributed by atoms with Gasteiger partial charge >= 0.3 is 0 Å². The van der Waals surface area contributed by atoms with Gasteiger partial charge in [-0.25, -0.2) is 0 Å². The van der Waals surface area contributed by atoms with Crippen LogP contribution in [0.15, 0.2) is 42.5 Å². The Hall–Kier alpha value is -2.66. The monoisotopic (exact) mass is 359 g/mol. The molecule has 0 atom stereocenters. The molecule has 1 aromatic carbocycles. The fraction of sp³-hybridized carbons (Fsp3) is 0.364. The lowest BCUT2D eigenvalue weighted by molar-refractivity contribution is 0.331. The molecule has 1 aliphatic heterocycles. The summed E-state index contributed by atoms with van der Waals surface area (Å²) in [6.45, 7) is 8.61. The van der Waals surface area contributed by atoms with Gasteiger partial charge in [-0.3, -0.25) is 9.30 Å². The zero-order valence-corrected chi connectivity index (χ0v) is 16.0. The van der Waals surface area contributed by atoms with Crippen LogP contribution in [0.4, 0.5) is 0 Å². The molecule has 138 valence electrons. The first-order valence-corrected chi connectivity index (χ1v) is 9.80. The predicted molar refractivity (Wildman–Crippen MR) is 108 cm³/mol. The van der Waals surface area contributed by atoms with Crippen LogP contribution >= 0.6 is 0 Å². The van der Waals surface area contributed by atoms with E-state index in [4.69, 9.17) is 0 Å². The standard InChI is InChI=1S/C22H25N5/c1-16-12-21-20(8-9-22-24-23-17(2)27(21)22)26(16)15-19-7-5-6-18(13-19)14-25-10-3-4-11-25/h5-9,12-13H,3-4,10-11,14-15H2,1-2H3. The summed E-state index contributed by atoms with van der Waals surface area (Å²) in [5.74, 6) is 0.931. The summed E-state index contributed by atoms with van der Waals surface area (Å²) in [4.78, 5) is 2.56. The van der Waals surface area contributed by atoms with E-state index in [0.717, 1.165) is 24.6 Å². The fourth-order valence-corrected chi connectivity index (χ4v) is 4.39. The minimum Gasteiger partial charge on any atom is -0.339 e. The van der Waals surface area contributed by atoms with E-state index in [1.165, 1.54) is 53.8 Å². The highest BCUT2D eigenvalue weighted by atomic mass is 15.2. The van der Waals surface area contributed by atoms with Crippen LogP contribution in [0.25, 0.3) is 16.7 Å². The Morgan fingerprint density at radius 2 is 1.63 bits per heavy atom. The Morgan fingerprint density at radius 1 is 0.852 bits per heavy atom. The van der Waals surface area contributed by atoms with Crippen molar-refractivity contribution in [2.45, 2.75) is 39.8 Å². The summed E-state index contributed by atoms with van der Waals surface area (Å²) >= 11 is 0. The third kappa shape index (κ3) is 2.92. The van der Waals surface area contributed by atoms with Crippen molar-refractivity contribution in [1.82, 2.24) is 24.1 Å². The van der Waals surface area contributed by atoms with Gasteiger partial charge in [-0.05, 0) is 69.1 Å². The third-order valence-electron chi connectivity index (χ3n) is 5.74.